The minimum absolute atomic E-state index is 0.991. The first kappa shape index (κ1) is 7.10. The summed E-state index contributed by atoms with van der Waals surface area (Å²) in [6.07, 6.45) is 3.77. The van der Waals surface area contributed by atoms with Gasteiger partial charge in [0.15, 0.2) is 0 Å². The Labute approximate surface area is 71.3 Å². The van der Waals surface area contributed by atoms with E-state index in [9.17, 15) is 0 Å². The lowest BCUT2D eigenvalue weighted by Gasteiger charge is -1.96. The molecular weight excluding hydrogens is 148 g/mol. The molecule has 0 aliphatic rings. The zero-order valence-electron chi connectivity index (χ0n) is 6.91. The molecule has 0 saturated carbocycles. The predicted molar refractivity (Wildman–Crippen MR) is 48.8 cm³/mol. The highest BCUT2D eigenvalue weighted by Gasteiger charge is 1.96. The van der Waals surface area contributed by atoms with Crippen LogP contribution in [-0.2, 0) is 0 Å². The molecule has 0 aliphatic carbocycles. The first-order valence-corrected chi connectivity index (χ1v) is 3.93. The van der Waals surface area contributed by atoms with E-state index in [0.29, 0.717) is 0 Å². The molecule has 2 heteroatoms. The molecule has 0 radical (unpaired) electrons. The first-order chi connectivity index (χ1) is 5.86. The molecular formula is C10H10N2. The Morgan fingerprint density at radius 3 is 2.75 bits per heavy atom. The standard InChI is InChI=1S/C10H10N2/c1-8-4-5-10(12-7-8)9-3-2-6-11-9/h2-7,11H,1H3. The van der Waals surface area contributed by atoms with E-state index in [2.05, 4.69) is 16.0 Å². The lowest BCUT2D eigenvalue weighted by molar-refractivity contribution is 1.24. The summed E-state index contributed by atoms with van der Waals surface area (Å²) in [5.41, 5.74) is 3.24. The second-order valence-electron chi connectivity index (χ2n) is 2.80. The Kier molecular flexibility index (Phi) is 1.67. The molecule has 1 N–H and O–H groups in total. The van der Waals surface area contributed by atoms with Gasteiger partial charge in [0.2, 0.25) is 0 Å². The van der Waals surface area contributed by atoms with Crippen molar-refractivity contribution in [3.8, 4) is 11.4 Å². The van der Waals surface area contributed by atoms with Gasteiger partial charge in [0.05, 0.1) is 11.4 Å². The number of hydrogen-bond acceptors (Lipinski definition) is 1. The van der Waals surface area contributed by atoms with Crippen LogP contribution in [0, 0.1) is 6.92 Å². The Bertz CT molecular complexity index is 346. The third kappa shape index (κ3) is 1.23. The second-order valence-corrected chi connectivity index (χ2v) is 2.80. The summed E-state index contributed by atoms with van der Waals surface area (Å²) in [4.78, 5) is 7.40. The number of rotatable bonds is 1. The van der Waals surface area contributed by atoms with Crippen LogP contribution in [0.2, 0.25) is 0 Å². The van der Waals surface area contributed by atoms with Crippen LogP contribution in [0.5, 0.6) is 0 Å². The van der Waals surface area contributed by atoms with E-state index in [1.165, 1.54) is 5.56 Å². The van der Waals surface area contributed by atoms with E-state index in [1.807, 2.05) is 37.5 Å². The summed E-state index contributed by atoms with van der Waals surface area (Å²) in [5, 5.41) is 0. The summed E-state index contributed by atoms with van der Waals surface area (Å²) in [5.74, 6) is 0. The molecule has 0 spiro atoms. The Morgan fingerprint density at radius 2 is 2.17 bits per heavy atom. The van der Waals surface area contributed by atoms with Gasteiger partial charge in [-0.05, 0) is 30.7 Å². The number of H-pyrrole nitrogens is 1. The zero-order chi connectivity index (χ0) is 8.39. The van der Waals surface area contributed by atoms with Crippen molar-refractivity contribution in [2.45, 2.75) is 6.92 Å². The monoisotopic (exact) mass is 158 g/mol. The molecule has 0 atom stereocenters. The van der Waals surface area contributed by atoms with E-state index in [1.54, 1.807) is 0 Å². The maximum atomic E-state index is 4.29. The summed E-state index contributed by atoms with van der Waals surface area (Å²) in [6, 6.07) is 8.05. The average Bonchev–Trinajstić information content (AvgIpc) is 2.58. The molecule has 2 heterocycles. The highest BCUT2D eigenvalue weighted by molar-refractivity contribution is 5.53. The van der Waals surface area contributed by atoms with Crippen molar-refractivity contribution in [3.05, 3.63) is 42.2 Å². The summed E-state index contributed by atoms with van der Waals surface area (Å²) >= 11 is 0. The second kappa shape index (κ2) is 2.81. The van der Waals surface area contributed by atoms with Crippen LogP contribution in [0.15, 0.2) is 36.7 Å². The fraction of sp³-hybridized carbons (Fsp3) is 0.100. The van der Waals surface area contributed by atoms with Crippen LogP contribution in [-0.4, -0.2) is 9.97 Å². The number of aromatic amines is 1. The topological polar surface area (TPSA) is 28.7 Å². The maximum absolute atomic E-state index is 4.29. The lowest BCUT2D eigenvalue weighted by atomic mass is 10.2. The zero-order valence-corrected chi connectivity index (χ0v) is 6.91. The minimum Gasteiger partial charge on any atom is -0.360 e. The highest BCUT2D eigenvalue weighted by Crippen LogP contribution is 2.13. The molecule has 0 amide bonds. The van der Waals surface area contributed by atoms with Crippen LogP contribution in [0.3, 0.4) is 0 Å². The number of aromatic nitrogens is 2. The molecule has 60 valence electrons. The smallest absolute Gasteiger partial charge is 0.0864 e. The fourth-order valence-electron chi connectivity index (χ4n) is 1.12. The van der Waals surface area contributed by atoms with Gasteiger partial charge in [0.25, 0.3) is 0 Å². The van der Waals surface area contributed by atoms with Gasteiger partial charge in [0, 0.05) is 12.4 Å². The highest BCUT2D eigenvalue weighted by atomic mass is 14.8. The van der Waals surface area contributed by atoms with Crippen molar-refractivity contribution in [2.75, 3.05) is 0 Å². The van der Waals surface area contributed by atoms with Crippen molar-refractivity contribution >= 4 is 0 Å². The van der Waals surface area contributed by atoms with Gasteiger partial charge >= 0.3 is 0 Å². The molecule has 0 aromatic carbocycles. The number of nitrogens with one attached hydrogen (secondary N) is 1. The van der Waals surface area contributed by atoms with E-state index >= 15 is 0 Å². The molecule has 2 nitrogen and oxygen atoms in total. The number of pyridine rings is 1. The molecule has 2 rings (SSSR count). The van der Waals surface area contributed by atoms with Crippen molar-refractivity contribution in [1.29, 1.82) is 0 Å². The van der Waals surface area contributed by atoms with E-state index in [-0.39, 0.29) is 0 Å². The van der Waals surface area contributed by atoms with Gasteiger partial charge in [-0.15, -0.1) is 0 Å². The van der Waals surface area contributed by atoms with Crippen LogP contribution in [0.25, 0.3) is 11.4 Å². The summed E-state index contributed by atoms with van der Waals surface area (Å²) < 4.78 is 0. The quantitative estimate of drug-likeness (QED) is 0.678. The van der Waals surface area contributed by atoms with Crippen molar-refractivity contribution < 1.29 is 0 Å². The lowest BCUT2D eigenvalue weighted by Crippen LogP contribution is -1.82. The Hall–Kier alpha value is -1.57. The molecule has 12 heavy (non-hydrogen) atoms. The van der Waals surface area contributed by atoms with Gasteiger partial charge in [-0.3, -0.25) is 4.98 Å². The van der Waals surface area contributed by atoms with E-state index in [4.69, 9.17) is 0 Å². The number of nitrogens with zero attached hydrogens (tertiary/aromatic N) is 1. The van der Waals surface area contributed by atoms with Crippen LogP contribution >= 0.6 is 0 Å². The third-order valence-corrected chi connectivity index (χ3v) is 1.79. The maximum Gasteiger partial charge on any atom is 0.0864 e. The van der Waals surface area contributed by atoms with Crippen LogP contribution in [0.1, 0.15) is 5.56 Å². The largest absolute Gasteiger partial charge is 0.360 e. The average molecular weight is 158 g/mol. The fourth-order valence-corrected chi connectivity index (χ4v) is 1.12. The van der Waals surface area contributed by atoms with Gasteiger partial charge < -0.3 is 4.98 Å². The Morgan fingerprint density at radius 1 is 1.25 bits per heavy atom. The Balaban J connectivity index is 2.43. The van der Waals surface area contributed by atoms with Crippen molar-refractivity contribution in [1.82, 2.24) is 9.97 Å². The van der Waals surface area contributed by atoms with Crippen molar-refractivity contribution in [3.63, 3.8) is 0 Å². The molecule has 0 unspecified atom stereocenters. The van der Waals surface area contributed by atoms with Crippen LogP contribution in [0.4, 0.5) is 0 Å². The first-order valence-electron chi connectivity index (χ1n) is 3.93. The van der Waals surface area contributed by atoms with E-state index < -0.39 is 0 Å². The van der Waals surface area contributed by atoms with Crippen molar-refractivity contribution in [2.24, 2.45) is 0 Å². The molecule has 0 bridgehead atoms. The van der Waals surface area contributed by atoms with Gasteiger partial charge in [-0.1, -0.05) is 6.07 Å². The molecule has 2 aromatic rings. The van der Waals surface area contributed by atoms with Crippen LogP contribution < -0.4 is 0 Å². The third-order valence-electron chi connectivity index (χ3n) is 1.79. The normalized spacial score (nSPS) is 10.1. The summed E-state index contributed by atoms with van der Waals surface area (Å²) in [6.45, 7) is 2.03. The summed E-state index contributed by atoms with van der Waals surface area (Å²) in [7, 11) is 0. The number of hydrogen-bond donors (Lipinski definition) is 1. The SMILES string of the molecule is Cc1ccc(-c2ccc[nH]2)nc1. The number of aryl methyl sites for hydroxylation is 1. The van der Waals surface area contributed by atoms with E-state index in [0.717, 1.165) is 11.4 Å². The molecule has 2 aromatic heterocycles. The predicted octanol–water partition coefficient (Wildman–Crippen LogP) is 2.39. The molecule has 0 saturated heterocycles. The van der Waals surface area contributed by atoms with Gasteiger partial charge in [-0.25, -0.2) is 0 Å². The molecule has 0 fully saturated rings. The minimum atomic E-state index is 0.991. The molecule has 0 aliphatic heterocycles. The van der Waals surface area contributed by atoms with Gasteiger partial charge in [0.1, 0.15) is 0 Å². The van der Waals surface area contributed by atoms with Gasteiger partial charge in [-0.2, -0.15) is 0 Å².